The molecule has 0 unspecified atom stereocenters. The number of hydrogen-bond acceptors (Lipinski definition) is 18. The topological polar surface area (TPSA) is 349 Å². The Morgan fingerprint density at radius 2 is 0.845 bits per heavy atom. The van der Waals surface area contributed by atoms with Gasteiger partial charge in [0.2, 0.25) is 0 Å². The van der Waals surface area contributed by atoms with Gasteiger partial charge in [-0.3, -0.25) is 9.98 Å². The molecule has 4 aromatic rings. The monoisotopic (exact) mass is 1160 g/mol. The van der Waals surface area contributed by atoms with E-state index in [1.807, 2.05) is 0 Å². The molecule has 0 spiro atoms. The van der Waals surface area contributed by atoms with Crippen LogP contribution in [0.1, 0.15) is 22.3 Å². The van der Waals surface area contributed by atoms with E-state index in [9.17, 15) is 20.4 Å². The third-order valence-corrected chi connectivity index (χ3v) is 5.96. The van der Waals surface area contributed by atoms with Gasteiger partial charge in [0.1, 0.15) is 11.5 Å². The summed E-state index contributed by atoms with van der Waals surface area (Å²) in [4.78, 5) is 24.7. The number of methoxy groups -OCH3 is 2. The Morgan fingerprint density at radius 1 is 0.569 bits per heavy atom. The van der Waals surface area contributed by atoms with Crippen molar-refractivity contribution in [3.05, 3.63) is 136 Å². The molecule has 0 bridgehead atoms. The van der Waals surface area contributed by atoms with Gasteiger partial charge in [-0.25, -0.2) is 0 Å². The largest absolute Gasteiger partial charge is 3.00 e. The minimum atomic E-state index is -1.75. The second-order valence-corrected chi connectivity index (χ2v) is 9.52. The molecule has 0 aliphatic rings. The predicted octanol–water partition coefficient (Wildman–Crippen LogP) is 2.19. The van der Waals surface area contributed by atoms with Crippen molar-refractivity contribution in [1.82, 2.24) is 0 Å². The Morgan fingerprint density at radius 3 is 1.10 bits per heavy atom. The molecule has 0 heterocycles. The molecular formula is C34H40Cl2Dy2N4O16. The summed E-state index contributed by atoms with van der Waals surface area (Å²) in [5, 5.41) is 105. The SMILES string of the molecule is CO.CO.CO.CO.COc1cccc(CN=Cc2cc(Cl)ccc2[O-])c1[O-].COc1cccc(CN=Cc2cc(Cl)ccc2[O-])c1[O-].O=[N+]([O-])[O-].O=[N+]([O-])[O-].[Dy+3].[Dy+3]. The van der Waals surface area contributed by atoms with Gasteiger partial charge in [0, 0.05) is 50.9 Å². The van der Waals surface area contributed by atoms with E-state index in [2.05, 4.69) is 9.98 Å². The maximum absolute atomic E-state index is 11.9. The molecule has 0 saturated carbocycles. The van der Waals surface area contributed by atoms with Gasteiger partial charge in [0.25, 0.3) is 0 Å². The van der Waals surface area contributed by atoms with E-state index >= 15 is 0 Å². The van der Waals surface area contributed by atoms with Gasteiger partial charge in [-0.1, -0.05) is 82.6 Å². The summed E-state index contributed by atoms with van der Waals surface area (Å²) >= 11 is 11.6. The molecule has 4 aromatic carbocycles. The maximum Gasteiger partial charge on any atom is 3.00 e. The van der Waals surface area contributed by atoms with Gasteiger partial charge >= 0.3 is 76.3 Å². The summed E-state index contributed by atoms with van der Waals surface area (Å²) in [5.41, 5.74) is 1.81. The number of nitrogens with zero attached hydrogens (tertiary/aromatic N) is 4. The van der Waals surface area contributed by atoms with Crippen molar-refractivity contribution in [2.75, 3.05) is 42.7 Å². The molecule has 326 valence electrons. The molecule has 24 heteroatoms. The Hall–Kier alpha value is -3.61. The summed E-state index contributed by atoms with van der Waals surface area (Å²) in [5.74, 6) is -0.145. The minimum Gasteiger partial charge on any atom is -0.872 e. The van der Waals surface area contributed by atoms with Crippen LogP contribution in [0, 0.1) is 107 Å². The van der Waals surface area contributed by atoms with Crippen molar-refractivity contribution in [2.45, 2.75) is 13.1 Å². The fraction of sp³-hybridized carbons (Fsp3) is 0.235. The van der Waals surface area contributed by atoms with E-state index < -0.39 is 10.2 Å². The molecular weight excluding hydrogens is 1120 g/mol. The molecule has 0 fully saturated rings. The number of rotatable bonds is 8. The number of hydrogen-bond donors (Lipinski definition) is 4. The van der Waals surface area contributed by atoms with Crippen LogP contribution in [0.25, 0.3) is 0 Å². The van der Waals surface area contributed by atoms with Crippen molar-refractivity contribution in [1.29, 1.82) is 0 Å². The summed E-state index contributed by atoms with van der Waals surface area (Å²) in [6.45, 7) is 0.365. The number of halogens is 2. The van der Waals surface area contributed by atoms with Gasteiger partial charge in [-0.05, 0) is 58.7 Å². The summed E-state index contributed by atoms with van der Waals surface area (Å²) in [7, 11) is 6.89. The maximum atomic E-state index is 11.9. The van der Waals surface area contributed by atoms with Crippen molar-refractivity contribution in [3.63, 3.8) is 0 Å². The normalized spacial score (nSPS) is 8.76. The van der Waals surface area contributed by atoms with Crippen molar-refractivity contribution >= 4 is 35.6 Å². The number of para-hydroxylation sites is 2. The van der Waals surface area contributed by atoms with Gasteiger partial charge in [0.15, 0.2) is 0 Å². The number of ether oxygens (including phenoxy) is 2. The minimum absolute atomic E-state index is 0. The van der Waals surface area contributed by atoms with Gasteiger partial charge in [0.05, 0.1) is 37.5 Å². The van der Waals surface area contributed by atoms with Crippen LogP contribution in [0.3, 0.4) is 0 Å². The third kappa shape index (κ3) is 31.4. The zero-order valence-corrected chi connectivity index (χ0v) is 36.9. The predicted molar refractivity (Wildman–Crippen MR) is 203 cm³/mol. The first-order valence-electron chi connectivity index (χ1n) is 14.7. The summed E-state index contributed by atoms with van der Waals surface area (Å²) in [6.07, 6.45) is 2.85. The average Bonchev–Trinajstić information content (AvgIpc) is 3.19. The first kappa shape index (κ1) is 66.2. The van der Waals surface area contributed by atoms with Crippen molar-refractivity contribution in [3.8, 4) is 34.5 Å². The van der Waals surface area contributed by atoms with E-state index in [-0.39, 0.29) is 124 Å². The van der Waals surface area contributed by atoms with Crippen LogP contribution in [0.2, 0.25) is 10.0 Å². The average molecular weight is 1160 g/mol. The molecule has 0 amide bonds. The fourth-order valence-corrected chi connectivity index (χ4v) is 3.78. The zero-order chi connectivity index (χ0) is 44.2. The van der Waals surface area contributed by atoms with Crippen LogP contribution in [-0.2, 0) is 13.1 Å². The second-order valence-electron chi connectivity index (χ2n) is 8.65. The summed E-state index contributed by atoms with van der Waals surface area (Å²) in [6, 6.07) is 18.9. The first-order chi connectivity index (χ1) is 26.7. The Labute approximate surface area is 404 Å². The van der Waals surface area contributed by atoms with Crippen LogP contribution in [0.15, 0.2) is 82.8 Å². The van der Waals surface area contributed by atoms with E-state index in [4.69, 9.17) is 83.7 Å². The molecule has 58 heavy (non-hydrogen) atoms. The van der Waals surface area contributed by atoms with Gasteiger partial charge in [-0.15, -0.1) is 0 Å². The number of benzene rings is 4. The van der Waals surface area contributed by atoms with E-state index in [1.54, 1.807) is 36.4 Å². The summed E-state index contributed by atoms with van der Waals surface area (Å²) < 4.78 is 9.91. The Balaban J connectivity index is -0.000000167. The fourth-order valence-electron chi connectivity index (χ4n) is 3.42. The van der Waals surface area contributed by atoms with Crippen molar-refractivity contribution in [2.24, 2.45) is 9.98 Å². The van der Waals surface area contributed by atoms with Crippen LogP contribution < -0.4 is 29.9 Å². The molecule has 0 aliphatic carbocycles. The Kier molecular flexibility index (Phi) is 49.1. The molecule has 2 radical (unpaired) electrons. The third-order valence-electron chi connectivity index (χ3n) is 5.49. The molecule has 4 N–H and O–H groups in total. The molecule has 4 rings (SSSR count). The van der Waals surface area contributed by atoms with Gasteiger partial charge < -0.3 is 81.0 Å². The number of aliphatic hydroxyl groups is 4. The van der Waals surface area contributed by atoms with E-state index in [0.717, 1.165) is 28.4 Å². The quantitative estimate of drug-likeness (QED) is 0.112. The van der Waals surface area contributed by atoms with Crippen LogP contribution in [0.4, 0.5) is 0 Å². The van der Waals surface area contributed by atoms with Crippen LogP contribution in [-0.4, -0.2) is 85.7 Å². The smallest absolute Gasteiger partial charge is 0.872 e. The van der Waals surface area contributed by atoms with E-state index in [1.165, 1.54) is 63.0 Å². The first-order valence-corrected chi connectivity index (χ1v) is 15.5. The number of aliphatic hydroxyl groups excluding tert-OH is 4. The molecule has 0 saturated heterocycles. The van der Waals surface area contributed by atoms with E-state index in [0.29, 0.717) is 32.3 Å². The standard InChI is InChI=1S/2C15H14ClNO3.4CH4O.2Dy.2NO3/c2*1-20-14-4-2-3-10(15(14)19)8-17-9-11-7-12(16)5-6-13(11)18;4*1-2;;;2*2-1(3)4/h2*2-7,9,18-19H,8H2,1H3;4*2H,1H3;;;;/q;;;;;;2*+3;2*-1/p-4. The molecule has 20 nitrogen and oxygen atoms in total. The number of aliphatic imine (C=N–C) groups is 2. The molecule has 0 aromatic heterocycles. The molecule has 0 atom stereocenters. The van der Waals surface area contributed by atoms with Crippen LogP contribution in [0.5, 0.6) is 34.5 Å². The van der Waals surface area contributed by atoms with Gasteiger partial charge in [-0.2, -0.15) is 0 Å². The Bertz CT molecular complexity index is 1610. The van der Waals surface area contributed by atoms with Crippen molar-refractivity contribution < 1.29 is 137 Å². The zero-order valence-electron chi connectivity index (χ0n) is 31.4. The van der Waals surface area contributed by atoms with Crippen LogP contribution >= 0.6 is 23.2 Å². The second kappa shape index (κ2) is 43.0. The molecule has 0 aliphatic heterocycles.